The second-order valence-corrected chi connectivity index (χ2v) is 5.48. The number of ether oxygens (including phenoxy) is 1. The van der Waals surface area contributed by atoms with Gasteiger partial charge in [0.1, 0.15) is 12.7 Å². The van der Waals surface area contributed by atoms with Crippen LogP contribution in [0.1, 0.15) is 19.8 Å². The van der Waals surface area contributed by atoms with Crippen LogP contribution in [0.15, 0.2) is 24.3 Å². The van der Waals surface area contributed by atoms with Crippen molar-refractivity contribution >= 4 is 0 Å². The van der Waals surface area contributed by atoms with Gasteiger partial charge in [0, 0.05) is 19.1 Å². The molecular weight excluding hydrogens is 271 g/mol. The molecule has 1 saturated heterocycles. The first kappa shape index (κ1) is 16.2. The van der Waals surface area contributed by atoms with E-state index in [0.29, 0.717) is 12.6 Å². The van der Waals surface area contributed by atoms with Crippen LogP contribution in [0.5, 0.6) is 5.75 Å². The molecule has 0 saturated carbocycles. The van der Waals surface area contributed by atoms with E-state index in [1.54, 1.807) is 18.2 Å². The summed E-state index contributed by atoms with van der Waals surface area (Å²) in [6.45, 7) is 5.85. The van der Waals surface area contributed by atoms with Crippen LogP contribution < -0.4 is 10.1 Å². The van der Waals surface area contributed by atoms with Crippen molar-refractivity contribution in [2.24, 2.45) is 0 Å². The Labute approximate surface area is 125 Å². The molecule has 2 N–H and O–H groups in total. The van der Waals surface area contributed by atoms with Crippen LogP contribution in [-0.2, 0) is 0 Å². The van der Waals surface area contributed by atoms with E-state index < -0.39 is 11.9 Å². The van der Waals surface area contributed by atoms with Gasteiger partial charge < -0.3 is 15.2 Å². The Morgan fingerprint density at radius 1 is 1.48 bits per heavy atom. The molecule has 0 amide bonds. The molecule has 0 aromatic heterocycles. The second kappa shape index (κ2) is 8.32. The fourth-order valence-corrected chi connectivity index (χ4v) is 2.77. The highest BCUT2D eigenvalue weighted by atomic mass is 19.1. The maximum atomic E-state index is 13.4. The van der Waals surface area contributed by atoms with Crippen molar-refractivity contribution in [3.63, 3.8) is 0 Å². The highest BCUT2D eigenvalue weighted by molar-refractivity contribution is 5.23. The lowest BCUT2D eigenvalue weighted by Crippen LogP contribution is -2.41. The molecule has 0 spiro atoms. The molecule has 4 nitrogen and oxygen atoms in total. The standard InChI is InChI=1S/C16H25FN2O2/c1-2-19-9-5-6-13(19)10-18-11-14(20)12-21-16-8-4-3-7-15(16)17/h3-4,7-8,13-14,18,20H,2,5-6,9-12H2,1H3. The fraction of sp³-hybridized carbons (Fsp3) is 0.625. The number of nitrogens with one attached hydrogen (secondary N) is 1. The van der Waals surface area contributed by atoms with Gasteiger partial charge >= 0.3 is 0 Å². The summed E-state index contributed by atoms with van der Waals surface area (Å²) in [5.74, 6) is -0.216. The van der Waals surface area contributed by atoms with E-state index in [-0.39, 0.29) is 12.4 Å². The zero-order chi connectivity index (χ0) is 15.1. The van der Waals surface area contributed by atoms with Gasteiger partial charge in [-0.3, -0.25) is 4.90 Å². The van der Waals surface area contributed by atoms with Crippen molar-refractivity contribution in [2.75, 3.05) is 32.8 Å². The lowest BCUT2D eigenvalue weighted by Gasteiger charge is -2.23. The number of halogens is 1. The van der Waals surface area contributed by atoms with Crippen molar-refractivity contribution in [1.29, 1.82) is 0 Å². The van der Waals surface area contributed by atoms with Crippen LogP contribution in [0.25, 0.3) is 0 Å². The topological polar surface area (TPSA) is 44.7 Å². The van der Waals surface area contributed by atoms with E-state index in [2.05, 4.69) is 17.1 Å². The fourth-order valence-electron chi connectivity index (χ4n) is 2.77. The summed E-state index contributed by atoms with van der Waals surface area (Å²) in [6, 6.07) is 6.80. The summed E-state index contributed by atoms with van der Waals surface area (Å²) < 4.78 is 18.6. The van der Waals surface area contributed by atoms with Gasteiger partial charge in [-0.05, 0) is 38.1 Å². The van der Waals surface area contributed by atoms with Gasteiger partial charge in [0.15, 0.2) is 11.6 Å². The van der Waals surface area contributed by atoms with Crippen molar-refractivity contribution in [3.8, 4) is 5.75 Å². The molecule has 118 valence electrons. The Morgan fingerprint density at radius 3 is 3.05 bits per heavy atom. The zero-order valence-corrected chi connectivity index (χ0v) is 12.6. The lowest BCUT2D eigenvalue weighted by atomic mass is 10.2. The molecular formula is C16H25FN2O2. The number of likely N-dealkylation sites (N-methyl/N-ethyl adjacent to an activating group) is 1. The summed E-state index contributed by atoms with van der Waals surface area (Å²) in [4.78, 5) is 2.45. The van der Waals surface area contributed by atoms with Crippen LogP contribution in [0, 0.1) is 5.82 Å². The minimum absolute atomic E-state index is 0.0933. The van der Waals surface area contributed by atoms with E-state index in [9.17, 15) is 9.50 Å². The van der Waals surface area contributed by atoms with Crippen LogP contribution in [0.3, 0.4) is 0 Å². The molecule has 1 fully saturated rings. The molecule has 2 rings (SSSR count). The molecule has 1 aromatic rings. The number of aliphatic hydroxyl groups excluding tert-OH is 1. The first-order valence-electron chi connectivity index (χ1n) is 7.71. The summed E-state index contributed by atoms with van der Waals surface area (Å²) in [5.41, 5.74) is 0. The molecule has 0 radical (unpaired) electrons. The smallest absolute Gasteiger partial charge is 0.165 e. The van der Waals surface area contributed by atoms with Crippen molar-refractivity contribution in [1.82, 2.24) is 10.2 Å². The monoisotopic (exact) mass is 296 g/mol. The van der Waals surface area contributed by atoms with E-state index in [4.69, 9.17) is 4.74 Å². The van der Waals surface area contributed by atoms with Crippen LogP contribution in [0.4, 0.5) is 4.39 Å². The average Bonchev–Trinajstić information content (AvgIpc) is 2.94. The van der Waals surface area contributed by atoms with E-state index in [1.807, 2.05) is 0 Å². The number of likely N-dealkylation sites (tertiary alicyclic amines) is 1. The third kappa shape index (κ3) is 4.95. The van der Waals surface area contributed by atoms with Gasteiger partial charge in [0.25, 0.3) is 0 Å². The van der Waals surface area contributed by atoms with Crippen molar-refractivity contribution in [2.45, 2.75) is 31.9 Å². The Kier molecular flexibility index (Phi) is 6.42. The van der Waals surface area contributed by atoms with Gasteiger partial charge in [0.2, 0.25) is 0 Å². The van der Waals surface area contributed by atoms with Crippen LogP contribution >= 0.6 is 0 Å². The summed E-state index contributed by atoms with van der Waals surface area (Å²) in [6.07, 6.45) is 1.82. The lowest BCUT2D eigenvalue weighted by molar-refractivity contribution is 0.102. The minimum Gasteiger partial charge on any atom is -0.488 e. The first-order chi connectivity index (χ1) is 10.2. The van der Waals surface area contributed by atoms with Crippen LogP contribution in [-0.4, -0.2) is 54.9 Å². The van der Waals surface area contributed by atoms with Crippen molar-refractivity contribution < 1.29 is 14.2 Å². The third-order valence-electron chi connectivity index (χ3n) is 3.93. The van der Waals surface area contributed by atoms with Crippen molar-refractivity contribution in [3.05, 3.63) is 30.1 Å². The molecule has 5 heteroatoms. The zero-order valence-electron chi connectivity index (χ0n) is 12.6. The number of nitrogens with zero attached hydrogens (tertiary/aromatic N) is 1. The summed E-state index contributed by atoms with van der Waals surface area (Å²) >= 11 is 0. The maximum absolute atomic E-state index is 13.4. The second-order valence-electron chi connectivity index (χ2n) is 5.48. The Hall–Kier alpha value is -1.17. The number of hydrogen-bond acceptors (Lipinski definition) is 4. The molecule has 0 bridgehead atoms. The third-order valence-corrected chi connectivity index (χ3v) is 3.93. The van der Waals surface area contributed by atoms with E-state index >= 15 is 0 Å². The Bertz CT molecular complexity index is 430. The molecule has 2 atom stereocenters. The molecule has 0 aliphatic carbocycles. The van der Waals surface area contributed by atoms with Gasteiger partial charge in [0.05, 0.1) is 0 Å². The Morgan fingerprint density at radius 2 is 2.29 bits per heavy atom. The number of benzene rings is 1. The molecule has 1 aromatic carbocycles. The maximum Gasteiger partial charge on any atom is 0.165 e. The predicted octanol–water partition coefficient (Wildman–Crippen LogP) is 1.64. The number of hydrogen-bond donors (Lipinski definition) is 2. The average molecular weight is 296 g/mol. The number of aliphatic hydroxyl groups is 1. The van der Waals surface area contributed by atoms with Gasteiger partial charge in [-0.1, -0.05) is 19.1 Å². The molecule has 1 aliphatic rings. The number of para-hydroxylation sites is 1. The number of rotatable bonds is 8. The predicted molar refractivity (Wildman–Crippen MR) is 81.0 cm³/mol. The SMILES string of the molecule is CCN1CCCC1CNCC(O)COc1ccccc1F. The van der Waals surface area contributed by atoms with E-state index in [1.165, 1.54) is 25.5 Å². The summed E-state index contributed by atoms with van der Waals surface area (Å²) in [7, 11) is 0. The molecule has 1 aliphatic heterocycles. The first-order valence-corrected chi connectivity index (χ1v) is 7.71. The van der Waals surface area contributed by atoms with Crippen LogP contribution in [0.2, 0.25) is 0 Å². The van der Waals surface area contributed by atoms with E-state index in [0.717, 1.165) is 13.1 Å². The normalized spacial score (nSPS) is 20.6. The molecule has 21 heavy (non-hydrogen) atoms. The quantitative estimate of drug-likeness (QED) is 0.765. The summed E-state index contributed by atoms with van der Waals surface area (Å²) in [5, 5.41) is 13.2. The highest BCUT2D eigenvalue weighted by Crippen LogP contribution is 2.16. The van der Waals surface area contributed by atoms with Gasteiger partial charge in [-0.2, -0.15) is 0 Å². The largest absolute Gasteiger partial charge is 0.488 e. The molecule has 1 heterocycles. The Balaban J connectivity index is 1.64. The van der Waals surface area contributed by atoms with Gasteiger partial charge in [-0.15, -0.1) is 0 Å². The van der Waals surface area contributed by atoms with Gasteiger partial charge in [-0.25, -0.2) is 4.39 Å². The molecule has 2 unspecified atom stereocenters. The highest BCUT2D eigenvalue weighted by Gasteiger charge is 2.22. The minimum atomic E-state index is -0.638.